The van der Waals surface area contributed by atoms with Crippen molar-refractivity contribution in [3.8, 4) is 0 Å². The highest BCUT2D eigenvalue weighted by atomic mass is 79.9. The zero-order chi connectivity index (χ0) is 21.2. The number of pyridine rings is 1. The molecule has 0 atom stereocenters. The van der Waals surface area contributed by atoms with E-state index in [1.165, 1.54) is 23.9 Å². The summed E-state index contributed by atoms with van der Waals surface area (Å²) in [5.41, 5.74) is 1.10. The molecule has 1 N–H and O–H groups in total. The van der Waals surface area contributed by atoms with Gasteiger partial charge in [-0.1, -0.05) is 21.1 Å². The Morgan fingerprint density at radius 2 is 2.03 bits per heavy atom. The van der Waals surface area contributed by atoms with E-state index in [0.717, 1.165) is 17.3 Å². The van der Waals surface area contributed by atoms with Crippen LogP contribution in [0.4, 0.5) is 18.9 Å². The van der Waals surface area contributed by atoms with Crippen LogP contribution >= 0.6 is 27.7 Å². The summed E-state index contributed by atoms with van der Waals surface area (Å²) >= 11 is 4.20. The van der Waals surface area contributed by atoms with Crippen molar-refractivity contribution in [2.45, 2.75) is 30.8 Å². The van der Waals surface area contributed by atoms with Crippen LogP contribution in [0.1, 0.15) is 32.9 Å². The number of anilines is 1. The van der Waals surface area contributed by atoms with Crippen LogP contribution in [0.5, 0.6) is 0 Å². The molecule has 0 unspecified atom stereocenters. The molecule has 3 aromatic rings. The van der Waals surface area contributed by atoms with Crippen molar-refractivity contribution in [1.29, 1.82) is 0 Å². The van der Waals surface area contributed by atoms with E-state index in [1.807, 2.05) is 6.92 Å². The first kappa shape index (κ1) is 21.4. The Hall–Kier alpha value is -2.33. The summed E-state index contributed by atoms with van der Waals surface area (Å²) in [4.78, 5) is 16.9. The molecular formula is C19H15BrF3N3O2S. The summed E-state index contributed by atoms with van der Waals surface area (Å²) in [6.07, 6.45) is -2.99. The average molecular weight is 486 g/mol. The first-order chi connectivity index (χ1) is 13.7. The van der Waals surface area contributed by atoms with Gasteiger partial charge < -0.3 is 9.84 Å². The second-order valence-corrected chi connectivity index (χ2v) is 7.91. The number of nitrogens with one attached hydrogen (secondary N) is 1. The smallest absolute Gasteiger partial charge is 0.361 e. The van der Waals surface area contributed by atoms with Gasteiger partial charge in [0.25, 0.3) is 5.91 Å². The molecule has 0 saturated carbocycles. The molecule has 2 heterocycles. The Balaban J connectivity index is 1.80. The monoisotopic (exact) mass is 485 g/mol. The Morgan fingerprint density at radius 1 is 1.28 bits per heavy atom. The molecule has 152 valence electrons. The molecule has 1 aromatic carbocycles. The predicted octanol–water partition coefficient (Wildman–Crippen LogP) is 6.01. The van der Waals surface area contributed by atoms with Gasteiger partial charge in [-0.25, -0.2) is 4.98 Å². The number of hydrogen-bond acceptors (Lipinski definition) is 5. The second-order valence-electron chi connectivity index (χ2n) is 6.09. The number of carbonyl (C=O) groups excluding carboxylic acids is 1. The molecule has 2 aromatic heterocycles. The number of nitrogens with zero attached hydrogens (tertiary/aromatic N) is 2. The van der Waals surface area contributed by atoms with Gasteiger partial charge in [0.05, 0.1) is 16.8 Å². The number of benzene rings is 1. The highest BCUT2D eigenvalue weighted by Gasteiger charge is 2.33. The molecule has 0 spiro atoms. The van der Waals surface area contributed by atoms with E-state index in [1.54, 1.807) is 25.3 Å². The van der Waals surface area contributed by atoms with Crippen LogP contribution < -0.4 is 5.32 Å². The number of aromatic nitrogens is 2. The summed E-state index contributed by atoms with van der Waals surface area (Å²) in [6.45, 7) is 3.62. The van der Waals surface area contributed by atoms with Crippen molar-refractivity contribution in [2.24, 2.45) is 0 Å². The maximum atomic E-state index is 13.1. The lowest BCUT2D eigenvalue weighted by Crippen LogP contribution is -2.15. The molecule has 3 rings (SSSR count). The second kappa shape index (κ2) is 8.58. The standard InChI is InChI=1S/C19H15BrF3N3O2S/c1-10-14(11(2)28-26-10)9-29-18-13(4-3-7-24-18)17(27)25-12-5-6-16(20)15(8-12)19(21,22)23/h3-8H,9H2,1-2H3,(H,25,27). The third-order valence-electron chi connectivity index (χ3n) is 4.08. The predicted molar refractivity (Wildman–Crippen MR) is 107 cm³/mol. The van der Waals surface area contributed by atoms with Crippen LogP contribution in [0.15, 0.2) is 50.6 Å². The maximum absolute atomic E-state index is 13.1. The molecule has 0 aliphatic carbocycles. The minimum Gasteiger partial charge on any atom is -0.361 e. The minimum atomic E-state index is -4.54. The molecule has 10 heteroatoms. The largest absolute Gasteiger partial charge is 0.417 e. The van der Waals surface area contributed by atoms with Crippen molar-refractivity contribution < 1.29 is 22.5 Å². The first-order valence-corrected chi connectivity index (χ1v) is 10.1. The molecule has 29 heavy (non-hydrogen) atoms. The zero-order valence-corrected chi connectivity index (χ0v) is 17.7. The lowest BCUT2D eigenvalue weighted by molar-refractivity contribution is -0.138. The quantitative estimate of drug-likeness (QED) is 0.448. The van der Waals surface area contributed by atoms with E-state index in [-0.39, 0.29) is 15.7 Å². The molecule has 0 fully saturated rings. The van der Waals surface area contributed by atoms with Gasteiger partial charge in [0.15, 0.2) is 0 Å². The maximum Gasteiger partial charge on any atom is 0.417 e. The van der Waals surface area contributed by atoms with Crippen LogP contribution in [0.25, 0.3) is 0 Å². The van der Waals surface area contributed by atoms with Crippen molar-refractivity contribution in [3.05, 3.63) is 69.1 Å². The topological polar surface area (TPSA) is 68.0 Å². The number of aryl methyl sites for hydroxylation is 2. The highest BCUT2D eigenvalue weighted by Crippen LogP contribution is 2.36. The number of alkyl halides is 3. The van der Waals surface area contributed by atoms with Gasteiger partial charge in [-0.3, -0.25) is 4.79 Å². The van der Waals surface area contributed by atoms with Crippen LogP contribution in [-0.2, 0) is 11.9 Å². The van der Waals surface area contributed by atoms with Gasteiger partial charge in [0.2, 0.25) is 0 Å². The van der Waals surface area contributed by atoms with Gasteiger partial charge in [-0.2, -0.15) is 13.2 Å². The third-order valence-corrected chi connectivity index (χ3v) is 5.80. The summed E-state index contributed by atoms with van der Waals surface area (Å²) in [5.74, 6) is 0.635. The number of hydrogen-bond donors (Lipinski definition) is 1. The molecule has 5 nitrogen and oxygen atoms in total. The fraction of sp³-hybridized carbons (Fsp3) is 0.211. The molecule has 0 bridgehead atoms. The Bertz CT molecular complexity index is 1030. The fourth-order valence-corrected chi connectivity index (χ4v) is 4.16. The van der Waals surface area contributed by atoms with Gasteiger partial charge in [-0.05, 0) is 44.2 Å². The first-order valence-electron chi connectivity index (χ1n) is 8.34. The zero-order valence-electron chi connectivity index (χ0n) is 15.3. The van der Waals surface area contributed by atoms with Crippen molar-refractivity contribution in [1.82, 2.24) is 10.1 Å². The van der Waals surface area contributed by atoms with E-state index >= 15 is 0 Å². The summed E-state index contributed by atoms with van der Waals surface area (Å²) in [7, 11) is 0. The molecule has 0 aliphatic heterocycles. The number of halogens is 4. The average Bonchev–Trinajstić information content (AvgIpc) is 2.98. The summed E-state index contributed by atoms with van der Waals surface area (Å²) in [6, 6.07) is 6.69. The minimum absolute atomic E-state index is 0.0380. The van der Waals surface area contributed by atoms with Gasteiger partial charge >= 0.3 is 6.18 Å². The summed E-state index contributed by atoms with van der Waals surface area (Å²) < 4.78 is 44.3. The Kier molecular flexibility index (Phi) is 6.33. The van der Waals surface area contributed by atoms with E-state index in [0.29, 0.717) is 16.5 Å². The Labute approximate surface area is 177 Å². The van der Waals surface area contributed by atoms with E-state index in [9.17, 15) is 18.0 Å². The third kappa shape index (κ3) is 4.99. The Morgan fingerprint density at radius 3 is 2.69 bits per heavy atom. The van der Waals surface area contributed by atoms with Crippen LogP contribution in [0, 0.1) is 13.8 Å². The van der Waals surface area contributed by atoms with E-state index in [4.69, 9.17) is 4.52 Å². The van der Waals surface area contributed by atoms with Gasteiger partial charge in [0.1, 0.15) is 10.8 Å². The van der Waals surface area contributed by atoms with E-state index in [2.05, 4.69) is 31.4 Å². The normalized spacial score (nSPS) is 11.5. The van der Waals surface area contributed by atoms with Gasteiger partial charge in [-0.15, -0.1) is 11.8 Å². The van der Waals surface area contributed by atoms with Crippen molar-refractivity contribution >= 4 is 39.3 Å². The number of rotatable bonds is 5. The van der Waals surface area contributed by atoms with Crippen molar-refractivity contribution in [3.63, 3.8) is 0 Å². The van der Waals surface area contributed by atoms with Crippen LogP contribution in [-0.4, -0.2) is 16.0 Å². The molecular weight excluding hydrogens is 471 g/mol. The number of carbonyl (C=O) groups is 1. The van der Waals surface area contributed by atoms with E-state index < -0.39 is 17.6 Å². The van der Waals surface area contributed by atoms with Crippen LogP contribution in [0.2, 0.25) is 0 Å². The fourth-order valence-electron chi connectivity index (χ4n) is 2.55. The highest BCUT2D eigenvalue weighted by molar-refractivity contribution is 9.10. The molecule has 0 saturated heterocycles. The molecule has 0 radical (unpaired) electrons. The summed E-state index contributed by atoms with van der Waals surface area (Å²) in [5, 5.41) is 6.86. The van der Waals surface area contributed by atoms with Crippen LogP contribution in [0.3, 0.4) is 0 Å². The number of thioether (sulfide) groups is 1. The lowest BCUT2D eigenvalue weighted by Gasteiger charge is -2.13. The van der Waals surface area contributed by atoms with Gasteiger partial charge in [0, 0.05) is 27.7 Å². The number of amides is 1. The lowest BCUT2D eigenvalue weighted by atomic mass is 10.2. The SMILES string of the molecule is Cc1noc(C)c1CSc1ncccc1C(=O)Nc1ccc(Br)c(C(F)(F)F)c1. The molecule has 0 aliphatic rings. The van der Waals surface area contributed by atoms with Crippen molar-refractivity contribution in [2.75, 3.05) is 5.32 Å². The molecule has 1 amide bonds.